The van der Waals surface area contributed by atoms with Crippen molar-refractivity contribution in [3.63, 3.8) is 0 Å². The standard InChI is InChI=1S/C14H17N3/c1-10-4-12-5-11(2-3-14(12)16-7-10)6-13-8-15-9-17-13/h4,7-9,11H,2-3,5-6H2,1H3,(H,15,17). The van der Waals surface area contributed by atoms with Crippen molar-refractivity contribution in [3.8, 4) is 0 Å². The first-order valence-electron chi connectivity index (χ1n) is 6.23. The molecule has 0 fully saturated rings. The Morgan fingerprint density at radius 1 is 1.41 bits per heavy atom. The van der Waals surface area contributed by atoms with Gasteiger partial charge in [0, 0.05) is 23.8 Å². The highest BCUT2D eigenvalue weighted by atomic mass is 14.9. The molecule has 0 saturated heterocycles. The molecule has 2 heterocycles. The highest BCUT2D eigenvalue weighted by Crippen LogP contribution is 2.26. The number of fused-ring (bicyclic) bond motifs is 1. The number of aromatic nitrogens is 3. The minimum atomic E-state index is 0.728. The van der Waals surface area contributed by atoms with Gasteiger partial charge in [0.25, 0.3) is 0 Å². The average Bonchev–Trinajstić information content (AvgIpc) is 2.81. The van der Waals surface area contributed by atoms with Crippen LogP contribution in [0, 0.1) is 12.8 Å². The molecule has 17 heavy (non-hydrogen) atoms. The highest BCUT2D eigenvalue weighted by molar-refractivity contribution is 5.27. The normalized spacial score (nSPS) is 19.0. The molecule has 0 aromatic carbocycles. The van der Waals surface area contributed by atoms with Gasteiger partial charge in [-0.15, -0.1) is 0 Å². The summed E-state index contributed by atoms with van der Waals surface area (Å²) in [5.74, 6) is 0.728. The van der Waals surface area contributed by atoms with Crippen molar-refractivity contribution >= 4 is 0 Å². The fraction of sp³-hybridized carbons (Fsp3) is 0.429. The Morgan fingerprint density at radius 2 is 2.35 bits per heavy atom. The summed E-state index contributed by atoms with van der Waals surface area (Å²) in [5.41, 5.74) is 5.27. The molecule has 0 aliphatic heterocycles. The third-order valence-corrected chi connectivity index (χ3v) is 3.56. The number of aromatic amines is 1. The summed E-state index contributed by atoms with van der Waals surface area (Å²) in [4.78, 5) is 11.8. The van der Waals surface area contributed by atoms with Crippen LogP contribution in [0.25, 0.3) is 0 Å². The van der Waals surface area contributed by atoms with E-state index in [9.17, 15) is 0 Å². The van der Waals surface area contributed by atoms with Gasteiger partial charge in [-0.25, -0.2) is 4.98 Å². The molecule has 0 spiro atoms. The summed E-state index contributed by atoms with van der Waals surface area (Å²) in [6, 6.07) is 2.29. The minimum Gasteiger partial charge on any atom is -0.348 e. The molecule has 3 rings (SSSR count). The van der Waals surface area contributed by atoms with Crippen molar-refractivity contribution < 1.29 is 0 Å². The van der Waals surface area contributed by atoms with Crippen molar-refractivity contribution in [2.24, 2.45) is 5.92 Å². The fourth-order valence-corrected chi connectivity index (χ4v) is 2.70. The lowest BCUT2D eigenvalue weighted by Crippen LogP contribution is -2.17. The molecule has 0 radical (unpaired) electrons. The van der Waals surface area contributed by atoms with Crippen LogP contribution in [0.4, 0.5) is 0 Å². The van der Waals surface area contributed by atoms with Gasteiger partial charge in [0.1, 0.15) is 0 Å². The van der Waals surface area contributed by atoms with E-state index in [1.54, 1.807) is 6.33 Å². The number of pyridine rings is 1. The number of hydrogen-bond acceptors (Lipinski definition) is 2. The summed E-state index contributed by atoms with van der Waals surface area (Å²) in [5, 5.41) is 0. The van der Waals surface area contributed by atoms with Gasteiger partial charge in [-0.1, -0.05) is 6.07 Å². The lowest BCUT2D eigenvalue weighted by Gasteiger charge is -2.23. The molecule has 0 amide bonds. The minimum absolute atomic E-state index is 0.728. The molecular formula is C14H17N3. The van der Waals surface area contributed by atoms with Crippen molar-refractivity contribution in [2.75, 3.05) is 0 Å². The molecule has 0 bridgehead atoms. The Morgan fingerprint density at radius 3 is 3.18 bits per heavy atom. The van der Waals surface area contributed by atoms with E-state index >= 15 is 0 Å². The first-order chi connectivity index (χ1) is 8.31. The van der Waals surface area contributed by atoms with Crippen LogP contribution in [0.3, 0.4) is 0 Å². The number of aryl methyl sites for hydroxylation is 2. The zero-order chi connectivity index (χ0) is 11.7. The quantitative estimate of drug-likeness (QED) is 0.856. The van der Waals surface area contributed by atoms with Gasteiger partial charge in [-0.05, 0) is 49.7 Å². The van der Waals surface area contributed by atoms with Crippen LogP contribution in [-0.2, 0) is 19.3 Å². The van der Waals surface area contributed by atoms with Gasteiger partial charge >= 0.3 is 0 Å². The second-order valence-corrected chi connectivity index (χ2v) is 5.01. The van der Waals surface area contributed by atoms with E-state index < -0.39 is 0 Å². The van der Waals surface area contributed by atoms with Crippen LogP contribution in [0.1, 0.15) is 28.9 Å². The second-order valence-electron chi connectivity index (χ2n) is 5.01. The number of nitrogens with zero attached hydrogens (tertiary/aromatic N) is 2. The van der Waals surface area contributed by atoms with E-state index in [2.05, 4.69) is 27.9 Å². The molecule has 3 heteroatoms. The number of nitrogens with one attached hydrogen (secondary N) is 1. The zero-order valence-electron chi connectivity index (χ0n) is 10.1. The third-order valence-electron chi connectivity index (χ3n) is 3.56. The van der Waals surface area contributed by atoms with E-state index in [1.165, 1.54) is 28.9 Å². The molecular weight excluding hydrogens is 210 g/mol. The number of imidazole rings is 1. The van der Waals surface area contributed by atoms with Gasteiger partial charge < -0.3 is 4.98 Å². The monoisotopic (exact) mass is 227 g/mol. The summed E-state index contributed by atoms with van der Waals surface area (Å²) in [6.45, 7) is 2.12. The number of rotatable bonds is 2. The first-order valence-corrected chi connectivity index (χ1v) is 6.23. The molecule has 0 saturated carbocycles. The summed E-state index contributed by atoms with van der Waals surface area (Å²) in [7, 11) is 0. The molecule has 2 aromatic heterocycles. The van der Waals surface area contributed by atoms with Crippen LogP contribution in [-0.4, -0.2) is 15.0 Å². The lowest BCUT2D eigenvalue weighted by molar-refractivity contribution is 0.446. The van der Waals surface area contributed by atoms with Crippen LogP contribution in [0.15, 0.2) is 24.8 Å². The van der Waals surface area contributed by atoms with E-state index in [4.69, 9.17) is 0 Å². The summed E-state index contributed by atoms with van der Waals surface area (Å²) >= 11 is 0. The maximum Gasteiger partial charge on any atom is 0.0921 e. The maximum absolute atomic E-state index is 4.53. The van der Waals surface area contributed by atoms with Crippen LogP contribution >= 0.6 is 0 Å². The Hall–Kier alpha value is -1.64. The van der Waals surface area contributed by atoms with Crippen molar-refractivity contribution in [1.82, 2.24) is 15.0 Å². The van der Waals surface area contributed by atoms with Crippen molar-refractivity contribution in [3.05, 3.63) is 47.3 Å². The van der Waals surface area contributed by atoms with E-state index in [0.29, 0.717) is 0 Å². The molecule has 2 aromatic rings. The van der Waals surface area contributed by atoms with E-state index in [1.807, 2.05) is 12.4 Å². The van der Waals surface area contributed by atoms with Crippen molar-refractivity contribution in [1.29, 1.82) is 0 Å². The fourth-order valence-electron chi connectivity index (χ4n) is 2.70. The molecule has 1 aliphatic carbocycles. The summed E-state index contributed by atoms with van der Waals surface area (Å²) in [6.07, 6.45) is 10.3. The largest absolute Gasteiger partial charge is 0.348 e. The highest BCUT2D eigenvalue weighted by Gasteiger charge is 2.20. The zero-order valence-corrected chi connectivity index (χ0v) is 10.1. The van der Waals surface area contributed by atoms with Crippen LogP contribution in [0.2, 0.25) is 0 Å². The molecule has 3 nitrogen and oxygen atoms in total. The molecule has 1 atom stereocenters. The SMILES string of the molecule is Cc1cnc2c(c1)CC(Cc1cnc[nH]1)CC2. The Bertz CT molecular complexity index is 502. The maximum atomic E-state index is 4.53. The van der Waals surface area contributed by atoms with Crippen LogP contribution < -0.4 is 0 Å². The van der Waals surface area contributed by atoms with Crippen LogP contribution in [0.5, 0.6) is 0 Å². The Balaban J connectivity index is 1.76. The number of H-pyrrole nitrogens is 1. The predicted molar refractivity (Wildman–Crippen MR) is 66.8 cm³/mol. The molecule has 1 N–H and O–H groups in total. The van der Waals surface area contributed by atoms with Gasteiger partial charge in [-0.3, -0.25) is 4.98 Å². The van der Waals surface area contributed by atoms with Gasteiger partial charge in [0.2, 0.25) is 0 Å². The predicted octanol–water partition coefficient (Wildman–Crippen LogP) is 2.46. The third kappa shape index (κ3) is 2.23. The van der Waals surface area contributed by atoms with E-state index in [0.717, 1.165) is 25.2 Å². The molecule has 1 unspecified atom stereocenters. The average molecular weight is 227 g/mol. The Labute approximate surface area is 101 Å². The smallest absolute Gasteiger partial charge is 0.0921 e. The second kappa shape index (κ2) is 4.32. The van der Waals surface area contributed by atoms with Gasteiger partial charge in [0.05, 0.1) is 6.33 Å². The van der Waals surface area contributed by atoms with Gasteiger partial charge in [0.15, 0.2) is 0 Å². The molecule has 88 valence electrons. The number of hydrogen-bond donors (Lipinski definition) is 1. The van der Waals surface area contributed by atoms with Crippen molar-refractivity contribution in [2.45, 2.75) is 32.6 Å². The van der Waals surface area contributed by atoms with E-state index in [-0.39, 0.29) is 0 Å². The Kier molecular flexibility index (Phi) is 2.67. The molecule has 1 aliphatic rings. The van der Waals surface area contributed by atoms with Gasteiger partial charge in [-0.2, -0.15) is 0 Å². The lowest BCUT2D eigenvalue weighted by atomic mass is 9.83. The first kappa shape index (κ1) is 10.5. The topological polar surface area (TPSA) is 41.6 Å². The summed E-state index contributed by atoms with van der Waals surface area (Å²) < 4.78 is 0.